The molecule has 0 amide bonds. The first-order chi connectivity index (χ1) is 7.08. The van der Waals surface area contributed by atoms with Gasteiger partial charge in [-0.25, -0.2) is 13.2 Å². The van der Waals surface area contributed by atoms with Gasteiger partial charge in [0.15, 0.2) is 23.2 Å². The molecule has 1 rings (SSSR count). The van der Waals surface area contributed by atoms with Crippen molar-refractivity contribution in [2.24, 2.45) is 0 Å². The Balaban J connectivity index is 3.77. The fourth-order valence-electron chi connectivity index (χ4n) is 1.03. The van der Waals surface area contributed by atoms with Crippen molar-refractivity contribution in [3.63, 3.8) is 0 Å². The van der Waals surface area contributed by atoms with Gasteiger partial charge in [0.05, 0.1) is 7.11 Å². The molecule has 0 aliphatic carbocycles. The zero-order valence-corrected chi connectivity index (χ0v) is 7.44. The summed E-state index contributed by atoms with van der Waals surface area (Å²) in [5.41, 5.74) is -2.00. The first kappa shape index (κ1) is 10.9. The molecule has 0 aromatic heterocycles. The highest BCUT2D eigenvalue weighted by molar-refractivity contribution is 5.51. The number of hydrogen-bond donors (Lipinski definition) is 0. The van der Waals surface area contributed by atoms with Gasteiger partial charge in [-0.15, -0.1) is 0 Å². The van der Waals surface area contributed by atoms with Crippen LogP contribution in [0.15, 0.2) is 0 Å². The highest BCUT2D eigenvalue weighted by atomic mass is 19.2. The Morgan fingerprint density at radius 2 is 1.40 bits per heavy atom. The van der Waals surface area contributed by atoms with Gasteiger partial charge in [-0.3, -0.25) is 0 Å². The molecular formula is C9H3F3N2O. The van der Waals surface area contributed by atoms with Gasteiger partial charge in [-0.05, 0) is 0 Å². The predicted molar refractivity (Wildman–Crippen MR) is 42.3 cm³/mol. The van der Waals surface area contributed by atoms with Gasteiger partial charge in [-0.1, -0.05) is 0 Å². The van der Waals surface area contributed by atoms with Crippen LogP contribution in [-0.4, -0.2) is 7.11 Å². The molecule has 1 aromatic rings. The van der Waals surface area contributed by atoms with Crippen LogP contribution >= 0.6 is 0 Å². The van der Waals surface area contributed by atoms with Crippen LogP contribution in [0.2, 0.25) is 0 Å². The van der Waals surface area contributed by atoms with Crippen molar-refractivity contribution in [2.45, 2.75) is 0 Å². The van der Waals surface area contributed by atoms with Gasteiger partial charge in [0.25, 0.3) is 0 Å². The smallest absolute Gasteiger partial charge is 0.187 e. The molecule has 0 aliphatic rings. The van der Waals surface area contributed by atoms with Crippen molar-refractivity contribution >= 4 is 0 Å². The van der Waals surface area contributed by atoms with Crippen LogP contribution in [0, 0.1) is 40.1 Å². The summed E-state index contributed by atoms with van der Waals surface area (Å²) in [5, 5.41) is 16.8. The zero-order chi connectivity index (χ0) is 11.6. The molecule has 0 aliphatic heterocycles. The standard InChI is InChI=1S/C9H3F3N2O/c1-15-9-5(3-14)7(11)6(10)4(2-13)8(9)12/h1H3. The molecule has 0 unspecified atom stereocenters. The fourth-order valence-corrected chi connectivity index (χ4v) is 1.03. The lowest BCUT2D eigenvalue weighted by Crippen LogP contribution is -2.03. The molecule has 0 heterocycles. The van der Waals surface area contributed by atoms with Crippen LogP contribution < -0.4 is 4.74 Å². The van der Waals surface area contributed by atoms with Crippen LogP contribution in [0.1, 0.15) is 11.1 Å². The summed E-state index contributed by atoms with van der Waals surface area (Å²) in [6, 6.07) is 2.41. The summed E-state index contributed by atoms with van der Waals surface area (Å²) in [7, 11) is 0.984. The summed E-state index contributed by atoms with van der Waals surface area (Å²) in [4.78, 5) is 0. The van der Waals surface area contributed by atoms with Crippen molar-refractivity contribution in [3.8, 4) is 17.9 Å². The third-order valence-corrected chi connectivity index (χ3v) is 1.71. The number of rotatable bonds is 1. The Hall–Kier alpha value is -2.21. The molecule has 0 fully saturated rings. The van der Waals surface area contributed by atoms with E-state index in [1.165, 1.54) is 6.07 Å². The van der Waals surface area contributed by atoms with Gasteiger partial charge in [0.2, 0.25) is 0 Å². The number of nitriles is 2. The average molecular weight is 212 g/mol. The second-order valence-electron chi connectivity index (χ2n) is 2.45. The van der Waals surface area contributed by atoms with Gasteiger partial charge < -0.3 is 4.74 Å². The minimum atomic E-state index is -1.69. The first-order valence-electron chi connectivity index (χ1n) is 3.63. The van der Waals surface area contributed by atoms with Crippen molar-refractivity contribution < 1.29 is 17.9 Å². The Labute approximate surface area is 82.9 Å². The molecule has 0 spiro atoms. The Kier molecular flexibility index (Phi) is 2.82. The second-order valence-corrected chi connectivity index (χ2v) is 2.45. The van der Waals surface area contributed by atoms with E-state index in [0.717, 1.165) is 13.2 Å². The van der Waals surface area contributed by atoms with Crippen molar-refractivity contribution in [3.05, 3.63) is 28.6 Å². The quantitative estimate of drug-likeness (QED) is 0.667. The van der Waals surface area contributed by atoms with E-state index >= 15 is 0 Å². The molecule has 0 bridgehead atoms. The molecule has 15 heavy (non-hydrogen) atoms. The molecule has 76 valence electrons. The molecule has 6 heteroatoms. The fraction of sp³-hybridized carbons (Fsp3) is 0.111. The molecule has 1 aromatic carbocycles. The molecule has 3 nitrogen and oxygen atoms in total. The van der Waals surface area contributed by atoms with Crippen LogP contribution in [0.25, 0.3) is 0 Å². The van der Waals surface area contributed by atoms with Crippen LogP contribution in [0.5, 0.6) is 5.75 Å². The van der Waals surface area contributed by atoms with E-state index in [-0.39, 0.29) is 0 Å². The minimum Gasteiger partial charge on any atom is -0.492 e. The lowest BCUT2D eigenvalue weighted by Gasteiger charge is -2.07. The van der Waals surface area contributed by atoms with Crippen LogP contribution in [0.4, 0.5) is 13.2 Å². The third-order valence-electron chi connectivity index (χ3n) is 1.71. The molecule has 0 radical (unpaired) electrons. The van der Waals surface area contributed by atoms with Gasteiger partial charge in [-0.2, -0.15) is 10.5 Å². The van der Waals surface area contributed by atoms with Gasteiger partial charge in [0.1, 0.15) is 23.3 Å². The van der Waals surface area contributed by atoms with E-state index in [4.69, 9.17) is 10.5 Å². The van der Waals surface area contributed by atoms with Crippen molar-refractivity contribution in [2.75, 3.05) is 7.11 Å². The maximum atomic E-state index is 13.3. The molecule has 0 atom stereocenters. The van der Waals surface area contributed by atoms with Gasteiger partial charge in [0, 0.05) is 0 Å². The van der Waals surface area contributed by atoms with E-state index in [9.17, 15) is 13.2 Å². The highest BCUT2D eigenvalue weighted by Gasteiger charge is 2.25. The SMILES string of the molecule is COc1c(F)c(C#N)c(F)c(F)c1C#N. The van der Waals surface area contributed by atoms with Crippen LogP contribution in [0.3, 0.4) is 0 Å². The highest BCUT2D eigenvalue weighted by Crippen LogP contribution is 2.29. The average Bonchev–Trinajstić information content (AvgIpc) is 2.23. The number of ether oxygens (including phenoxy) is 1. The number of benzene rings is 1. The summed E-state index contributed by atoms with van der Waals surface area (Å²) < 4.78 is 43.7. The molecular weight excluding hydrogens is 209 g/mol. The van der Waals surface area contributed by atoms with E-state index < -0.39 is 34.3 Å². The van der Waals surface area contributed by atoms with Crippen LogP contribution in [-0.2, 0) is 0 Å². The second kappa shape index (κ2) is 3.89. The first-order valence-corrected chi connectivity index (χ1v) is 3.63. The number of methoxy groups -OCH3 is 1. The van der Waals surface area contributed by atoms with E-state index in [0.29, 0.717) is 0 Å². The van der Waals surface area contributed by atoms with Crippen molar-refractivity contribution in [1.82, 2.24) is 0 Å². The Morgan fingerprint density at radius 1 is 0.933 bits per heavy atom. The largest absolute Gasteiger partial charge is 0.492 e. The number of halogens is 3. The Morgan fingerprint density at radius 3 is 1.80 bits per heavy atom. The Bertz CT molecular complexity index is 500. The zero-order valence-electron chi connectivity index (χ0n) is 7.44. The van der Waals surface area contributed by atoms with E-state index in [1.807, 2.05) is 0 Å². The number of nitrogens with zero attached hydrogens (tertiary/aromatic N) is 2. The van der Waals surface area contributed by atoms with E-state index in [2.05, 4.69) is 4.74 Å². The van der Waals surface area contributed by atoms with E-state index in [1.54, 1.807) is 0 Å². The summed E-state index contributed by atoms with van der Waals surface area (Å²) in [6.07, 6.45) is 0. The molecule has 0 N–H and O–H groups in total. The lowest BCUT2D eigenvalue weighted by molar-refractivity contribution is 0.373. The molecule has 0 saturated carbocycles. The topological polar surface area (TPSA) is 56.8 Å². The summed E-state index contributed by atoms with van der Waals surface area (Å²) in [6.45, 7) is 0. The minimum absolute atomic E-state index is 0.770. The summed E-state index contributed by atoms with van der Waals surface area (Å²) >= 11 is 0. The number of hydrogen-bond acceptors (Lipinski definition) is 3. The predicted octanol–water partition coefficient (Wildman–Crippen LogP) is 1.86. The monoisotopic (exact) mass is 212 g/mol. The summed E-state index contributed by atoms with van der Waals surface area (Å²) in [5.74, 6) is -5.43. The van der Waals surface area contributed by atoms with Gasteiger partial charge >= 0.3 is 0 Å². The third kappa shape index (κ3) is 1.46. The maximum absolute atomic E-state index is 13.3. The maximum Gasteiger partial charge on any atom is 0.187 e. The molecule has 0 saturated heterocycles. The van der Waals surface area contributed by atoms with Crippen molar-refractivity contribution in [1.29, 1.82) is 10.5 Å². The lowest BCUT2D eigenvalue weighted by atomic mass is 10.1. The normalized spacial score (nSPS) is 9.20.